The van der Waals surface area contributed by atoms with Gasteiger partial charge in [-0.25, -0.2) is 4.39 Å². The van der Waals surface area contributed by atoms with Crippen LogP contribution in [0.1, 0.15) is 102 Å². The van der Waals surface area contributed by atoms with Crippen LogP contribution in [0.25, 0.3) is 10.9 Å². The summed E-state index contributed by atoms with van der Waals surface area (Å²) in [6, 6.07) is 3.13. The van der Waals surface area contributed by atoms with Gasteiger partial charge in [-0.05, 0) is 49.3 Å². The molecule has 1 amide bonds. The molecule has 1 saturated heterocycles. The summed E-state index contributed by atoms with van der Waals surface area (Å²) in [7, 11) is 0. The average molecular weight is 555 g/mol. The van der Waals surface area contributed by atoms with Crippen molar-refractivity contribution in [2.24, 2.45) is 5.92 Å². The van der Waals surface area contributed by atoms with Gasteiger partial charge in [-0.1, -0.05) is 33.6 Å². The molecule has 40 heavy (non-hydrogen) atoms. The van der Waals surface area contributed by atoms with Crippen LogP contribution in [0.4, 0.5) is 10.1 Å². The van der Waals surface area contributed by atoms with Gasteiger partial charge in [0, 0.05) is 50.2 Å². The van der Waals surface area contributed by atoms with Crippen molar-refractivity contribution in [3.05, 3.63) is 23.4 Å². The molecule has 3 heterocycles. The lowest BCUT2D eigenvalue weighted by Gasteiger charge is -2.24. The lowest BCUT2D eigenvalue weighted by Crippen LogP contribution is -2.42. The molecule has 2 atom stereocenters. The number of alkyl halides is 1. The van der Waals surface area contributed by atoms with E-state index < -0.39 is 17.6 Å². The predicted molar refractivity (Wildman–Crippen MR) is 153 cm³/mol. The van der Waals surface area contributed by atoms with Gasteiger partial charge in [0.2, 0.25) is 5.91 Å². The fraction of sp³-hybridized carbons (Fsp3) is 0.645. The number of halogens is 1. The second-order valence-electron chi connectivity index (χ2n) is 12.0. The Morgan fingerprint density at radius 1 is 1.12 bits per heavy atom. The third kappa shape index (κ3) is 6.78. The summed E-state index contributed by atoms with van der Waals surface area (Å²) in [4.78, 5) is 53.0. The SMILES string of the molecule is CCC(=O)[C@@H]1C[C@]2(F)CCC(=O)CCCCCCc3cc(NCC(C)C)cc4c(C(C)=O)nn(c34)CC(=O)N1C2. The largest absolute Gasteiger partial charge is 0.385 e. The van der Waals surface area contributed by atoms with Crippen LogP contribution in [0, 0.1) is 5.92 Å². The van der Waals surface area contributed by atoms with E-state index in [4.69, 9.17) is 0 Å². The molecule has 0 spiro atoms. The van der Waals surface area contributed by atoms with E-state index in [1.54, 1.807) is 11.6 Å². The highest BCUT2D eigenvalue weighted by Crippen LogP contribution is 2.37. The van der Waals surface area contributed by atoms with Gasteiger partial charge in [-0.15, -0.1) is 0 Å². The summed E-state index contributed by atoms with van der Waals surface area (Å²) in [6.45, 7) is 7.79. The van der Waals surface area contributed by atoms with Crippen LogP contribution < -0.4 is 5.32 Å². The maximum absolute atomic E-state index is 16.0. The van der Waals surface area contributed by atoms with Crippen LogP contribution >= 0.6 is 0 Å². The zero-order chi connectivity index (χ0) is 29.0. The molecule has 2 aliphatic rings. The zero-order valence-corrected chi connectivity index (χ0v) is 24.4. The third-order valence-electron chi connectivity index (χ3n) is 8.19. The maximum Gasteiger partial charge on any atom is 0.245 e. The van der Waals surface area contributed by atoms with E-state index in [2.05, 4.69) is 30.3 Å². The summed E-state index contributed by atoms with van der Waals surface area (Å²) >= 11 is 0. The van der Waals surface area contributed by atoms with Crippen LogP contribution in [-0.4, -0.2) is 62.7 Å². The number of amides is 1. The minimum absolute atomic E-state index is 0.0125. The Morgan fingerprint density at radius 2 is 1.85 bits per heavy atom. The Bertz CT molecular complexity index is 1290. The number of hydrogen-bond acceptors (Lipinski definition) is 6. The van der Waals surface area contributed by atoms with Crippen LogP contribution in [0.3, 0.4) is 0 Å². The summed E-state index contributed by atoms with van der Waals surface area (Å²) < 4.78 is 17.6. The highest BCUT2D eigenvalue weighted by Gasteiger charge is 2.48. The molecule has 0 saturated carbocycles. The number of fused-ring (bicyclic) bond motifs is 2. The minimum Gasteiger partial charge on any atom is -0.385 e. The number of aryl methyl sites for hydroxylation is 1. The second-order valence-corrected chi connectivity index (χ2v) is 12.0. The van der Waals surface area contributed by atoms with Crippen LogP contribution in [0.15, 0.2) is 12.1 Å². The van der Waals surface area contributed by atoms with E-state index in [1.807, 2.05) is 6.07 Å². The smallest absolute Gasteiger partial charge is 0.245 e. The standard InChI is InChI=1S/C31H43FN4O4/c1-5-27(39)26-16-31(32)13-12-24(38)11-9-7-6-8-10-22-14-23(33-17-20(2)3)15-25-29(21(4)37)34-36(30(22)25)18-28(40)35(26)19-31/h14-15,20,26,33H,5-13,16-19H2,1-4H3/t26-,31+/m0/s1. The average Bonchev–Trinajstić information content (AvgIpc) is 3.46. The molecule has 0 radical (unpaired) electrons. The van der Waals surface area contributed by atoms with Gasteiger partial charge in [0.25, 0.3) is 0 Å². The number of rotatable bonds is 6. The number of anilines is 1. The van der Waals surface area contributed by atoms with E-state index in [0.717, 1.165) is 55.4 Å². The van der Waals surface area contributed by atoms with E-state index in [1.165, 1.54) is 11.8 Å². The Labute approximate surface area is 236 Å². The van der Waals surface area contributed by atoms with E-state index in [-0.39, 0.29) is 56.1 Å². The van der Waals surface area contributed by atoms with Crippen molar-refractivity contribution in [1.82, 2.24) is 14.7 Å². The summed E-state index contributed by atoms with van der Waals surface area (Å²) in [6.07, 6.45) is 4.87. The van der Waals surface area contributed by atoms with Gasteiger partial charge in [0.05, 0.1) is 18.1 Å². The Hall–Kier alpha value is -3.10. The quantitative estimate of drug-likeness (QED) is 0.477. The molecule has 2 bridgehead atoms. The monoisotopic (exact) mass is 554 g/mol. The molecule has 0 unspecified atom stereocenters. The number of carbonyl (C=O) groups excluding carboxylic acids is 4. The molecule has 4 rings (SSSR count). The van der Waals surface area contributed by atoms with Gasteiger partial charge in [-0.3, -0.25) is 23.9 Å². The lowest BCUT2D eigenvalue weighted by atomic mass is 9.92. The van der Waals surface area contributed by atoms with Crippen molar-refractivity contribution >= 4 is 39.8 Å². The summed E-state index contributed by atoms with van der Waals surface area (Å²) in [5.41, 5.74) is 1.13. The van der Waals surface area contributed by atoms with E-state index in [0.29, 0.717) is 23.4 Å². The maximum atomic E-state index is 16.0. The third-order valence-corrected chi connectivity index (χ3v) is 8.19. The number of benzene rings is 1. The minimum atomic E-state index is -1.78. The molecular formula is C31H43FN4O4. The van der Waals surface area contributed by atoms with Gasteiger partial charge < -0.3 is 10.2 Å². The van der Waals surface area contributed by atoms with Crippen molar-refractivity contribution in [3.8, 4) is 0 Å². The number of carbonyl (C=O) groups is 4. The molecule has 2 aliphatic heterocycles. The van der Waals surface area contributed by atoms with Crippen molar-refractivity contribution in [1.29, 1.82) is 0 Å². The topological polar surface area (TPSA) is 101 Å². The first-order chi connectivity index (χ1) is 19.0. The Kier molecular flexibility index (Phi) is 9.41. The Balaban J connectivity index is 1.78. The van der Waals surface area contributed by atoms with Gasteiger partial charge in [0.15, 0.2) is 11.6 Å². The van der Waals surface area contributed by atoms with Gasteiger partial charge >= 0.3 is 0 Å². The lowest BCUT2D eigenvalue weighted by molar-refractivity contribution is -0.138. The van der Waals surface area contributed by atoms with Crippen LogP contribution in [-0.2, 0) is 27.3 Å². The number of aromatic nitrogens is 2. The van der Waals surface area contributed by atoms with Crippen molar-refractivity contribution in [2.75, 3.05) is 18.4 Å². The van der Waals surface area contributed by atoms with Gasteiger partial charge in [0.1, 0.15) is 23.7 Å². The van der Waals surface area contributed by atoms with Crippen LogP contribution in [0.2, 0.25) is 0 Å². The summed E-state index contributed by atoms with van der Waals surface area (Å²) in [5, 5.41) is 8.74. The van der Waals surface area contributed by atoms with Crippen LogP contribution in [0.5, 0.6) is 0 Å². The predicted octanol–water partition coefficient (Wildman–Crippen LogP) is 5.45. The van der Waals surface area contributed by atoms with E-state index >= 15 is 4.39 Å². The molecule has 2 aromatic rings. The number of ketones is 3. The first-order valence-electron chi connectivity index (χ1n) is 14.8. The number of nitrogens with zero attached hydrogens (tertiary/aromatic N) is 3. The fourth-order valence-corrected chi connectivity index (χ4v) is 6.00. The van der Waals surface area contributed by atoms with Gasteiger partial charge in [-0.2, -0.15) is 5.10 Å². The zero-order valence-electron chi connectivity index (χ0n) is 24.4. The number of Topliss-reactive ketones (excluding diaryl/α,β-unsaturated/α-hetero) is 3. The normalized spacial score (nSPS) is 23.1. The molecule has 218 valence electrons. The highest BCUT2D eigenvalue weighted by molar-refractivity contribution is 6.06. The highest BCUT2D eigenvalue weighted by atomic mass is 19.1. The Morgan fingerprint density at radius 3 is 2.52 bits per heavy atom. The molecule has 1 aromatic heterocycles. The van der Waals surface area contributed by atoms with Crippen molar-refractivity contribution < 1.29 is 23.6 Å². The number of hydrogen-bond donors (Lipinski definition) is 1. The fourth-order valence-electron chi connectivity index (χ4n) is 6.00. The molecule has 0 aliphatic carbocycles. The first kappa shape index (κ1) is 29.9. The first-order valence-corrected chi connectivity index (χ1v) is 14.8. The second kappa shape index (κ2) is 12.6. The molecule has 9 heteroatoms. The molecule has 8 nitrogen and oxygen atoms in total. The van der Waals surface area contributed by atoms with E-state index in [9.17, 15) is 19.2 Å². The summed E-state index contributed by atoms with van der Waals surface area (Å²) in [5.74, 6) is -0.330. The molecule has 1 N–H and O–H groups in total. The molecular weight excluding hydrogens is 511 g/mol. The number of nitrogens with one attached hydrogen (secondary N) is 1. The molecule has 1 fully saturated rings. The molecule has 1 aromatic carbocycles. The van der Waals surface area contributed by atoms with Crippen molar-refractivity contribution in [3.63, 3.8) is 0 Å². The van der Waals surface area contributed by atoms with Crippen molar-refractivity contribution in [2.45, 2.75) is 110 Å².